The highest BCUT2D eigenvalue weighted by Gasteiger charge is 2.39. The Kier molecular flexibility index (Phi) is 7.54. The van der Waals surface area contributed by atoms with Crippen LogP contribution in [0.25, 0.3) is 0 Å². The van der Waals surface area contributed by atoms with Crippen LogP contribution < -0.4 is 14.4 Å². The molecular formula is C28H33N3O5S. The van der Waals surface area contributed by atoms with Gasteiger partial charge in [0.15, 0.2) is 22.3 Å². The maximum absolute atomic E-state index is 13.3. The highest BCUT2D eigenvalue weighted by Crippen LogP contribution is 2.37. The van der Waals surface area contributed by atoms with Gasteiger partial charge in [-0.1, -0.05) is 19.1 Å². The second-order valence-corrected chi connectivity index (χ2v) is 12.1. The maximum atomic E-state index is 13.3. The molecule has 196 valence electrons. The minimum atomic E-state index is -3.98. The van der Waals surface area contributed by atoms with Gasteiger partial charge in [-0.2, -0.15) is 0 Å². The Labute approximate surface area is 218 Å². The fourth-order valence-corrected chi connectivity index (χ4v) is 6.23. The van der Waals surface area contributed by atoms with Crippen LogP contribution in [0, 0.1) is 5.92 Å². The van der Waals surface area contributed by atoms with Crippen molar-refractivity contribution in [3.63, 3.8) is 0 Å². The van der Waals surface area contributed by atoms with Crippen LogP contribution >= 0.6 is 0 Å². The highest BCUT2D eigenvalue weighted by molar-refractivity contribution is 7.92. The smallest absolute Gasteiger partial charge is 0.203 e. The van der Waals surface area contributed by atoms with Crippen LogP contribution in [0.15, 0.2) is 59.8 Å². The van der Waals surface area contributed by atoms with Crippen molar-refractivity contribution < 1.29 is 22.7 Å². The second-order valence-electron chi connectivity index (χ2n) is 10.1. The molecule has 37 heavy (non-hydrogen) atoms. The number of ketones is 1. The predicted molar refractivity (Wildman–Crippen MR) is 142 cm³/mol. The fourth-order valence-electron chi connectivity index (χ4n) is 5.04. The van der Waals surface area contributed by atoms with Gasteiger partial charge in [0, 0.05) is 30.4 Å². The number of hydrogen-bond donors (Lipinski definition) is 0. The third kappa shape index (κ3) is 5.77. The molecule has 3 aromatic rings. The van der Waals surface area contributed by atoms with Crippen molar-refractivity contribution in [2.75, 3.05) is 31.4 Å². The zero-order valence-corrected chi connectivity index (χ0v) is 22.7. The Balaban J connectivity index is 1.56. The first-order valence-electron chi connectivity index (χ1n) is 12.2. The fraction of sp³-hybridized carbons (Fsp3) is 0.393. The number of ether oxygens (including phenoxy) is 2. The van der Waals surface area contributed by atoms with E-state index < -0.39 is 21.4 Å². The van der Waals surface area contributed by atoms with Crippen LogP contribution in [0.4, 0.5) is 5.82 Å². The molecule has 9 heteroatoms. The van der Waals surface area contributed by atoms with Crippen LogP contribution in [0.3, 0.4) is 0 Å². The number of rotatable bonds is 9. The molecule has 0 saturated carbocycles. The first-order valence-corrected chi connectivity index (χ1v) is 13.8. The molecule has 0 aliphatic carbocycles. The summed E-state index contributed by atoms with van der Waals surface area (Å²) in [5.74, 6) is 0.995. The van der Waals surface area contributed by atoms with E-state index in [2.05, 4.69) is 35.6 Å². The number of carbonyl (C=O) groups excluding carboxylic acids is 1. The van der Waals surface area contributed by atoms with Gasteiger partial charge in [-0.3, -0.25) is 4.79 Å². The molecule has 8 nitrogen and oxygen atoms in total. The van der Waals surface area contributed by atoms with Gasteiger partial charge in [-0.25, -0.2) is 18.4 Å². The number of nitrogens with zero attached hydrogens (tertiary/aromatic N) is 3. The van der Waals surface area contributed by atoms with Crippen LogP contribution in [0.2, 0.25) is 0 Å². The van der Waals surface area contributed by atoms with Gasteiger partial charge >= 0.3 is 0 Å². The topological polar surface area (TPSA) is 98.7 Å². The van der Waals surface area contributed by atoms with Gasteiger partial charge < -0.3 is 14.4 Å². The lowest BCUT2D eigenvalue weighted by Crippen LogP contribution is -2.39. The van der Waals surface area contributed by atoms with Crippen LogP contribution in [-0.4, -0.2) is 56.2 Å². The van der Waals surface area contributed by atoms with Crippen molar-refractivity contribution >= 4 is 21.4 Å². The van der Waals surface area contributed by atoms with E-state index in [1.165, 1.54) is 6.07 Å². The van der Waals surface area contributed by atoms with Crippen molar-refractivity contribution in [2.24, 2.45) is 5.92 Å². The third-order valence-corrected chi connectivity index (χ3v) is 8.18. The first-order chi connectivity index (χ1) is 17.5. The molecule has 1 unspecified atom stereocenters. The van der Waals surface area contributed by atoms with Crippen molar-refractivity contribution in [3.05, 3.63) is 71.5 Å². The average Bonchev–Trinajstić information content (AvgIpc) is 3.15. The normalized spacial score (nSPS) is 17.0. The quantitative estimate of drug-likeness (QED) is 0.382. The van der Waals surface area contributed by atoms with E-state index in [4.69, 9.17) is 9.47 Å². The molecule has 1 aliphatic rings. The summed E-state index contributed by atoms with van der Waals surface area (Å²) in [6.45, 7) is 7.15. The minimum Gasteiger partial charge on any atom is -0.493 e. The molecule has 4 rings (SSSR count). The molecule has 1 atom stereocenters. The Morgan fingerprint density at radius 2 is 1.84 bits per heavy atom. The summed E-state index contributed by atoms with van der Waals surface area (Å²) >= 11 is 0. The molecule has 0 spiro atoms. The molecule has 1 aromatic carbocycles. The van der Waals surface area contributed by atoms with Gasteiger partial charge in [0.2, 0.25) is 9.84 Å². The summed E-state index contributed by atoms with van der Waals surface area (Å²) in [5.41, 5.74) is 1.59. The van der Waals surface area contributed by atoms with E-state index in [1.54, 1.807) is 50.7 Å². The van der Waals surface area contributed by atoms with Gasteiger partial charge in [0.05, 0.1) is 19.8 Å². The number of carbonyl (C=O) groups is 1. The molecule has 1 aliphatic heterocycles. The Morgan fingerprint density at radius 1 is 1.08 bits per heavy atom. The molecular weight excluding hydrogens is 490 g/mol. The highest BCUT2D eigenvalue weighted by atomic mass is 32.2. The number of methoxy groups -OCH3 is 2. The van der Waals surface area contributed by atoms with Gasteiger partial charge in [-0.05, 0) is 68.1 Å². The number of anilines is 1. The van der Waals surface area contributed by atoms with Crippen molar-refractivity contribution in [3.8, 4) is 11.5 Å². The monoisotopic (exact) mass is 523 g/mol. The zero-order chi connectivity index (χ0) is 26.8. The maximum Gasteiger partial charge on any atom is 0.203 e. The number of aromatic nitrogens is 2. The zero-order valence-electron chi connectivity index (χ0n) is 21.9. The molecule has 1 saturated heterocycles. The van der Waals surface area contributed by atoms with Gasteiger partial charge in [-0.15, -0.1) is 0 Å². The standard InChI is InChI=1S/C28H33N3O5S/c1-19-16-28(2,3)31(17-19)27-22(9-7-13-29-27)23(32)18-37(33,34)26-10-6-8-21(30-26)14-20-11-12-24(35-4)25(15-20)36-5/h6-13,15,19H,14,16-18H2,1-5H3. The lowest BCUT2D eigenvalue weighted by molar-refractivity contribution is 0.102. The predicted octanol–water partition coefficient (Wildman–Crippen LogP) is 4.37. The number of Topliss-reactive ketones (excluding diaryl/α,β-unsaturated/α-hetero) is 1. The number of benzene rings is 1. The summed E-state index contributed by atoms with van der Waals surface area (Å²) in [6, 6.07) is 13.6. The summed E-state index contributed by atoms with van der Waals surface area (Å²) in [4.78, 5) is 24.3. The average molecular weight is 524 g/mol. The minimum absolute atomic E-state index is 0.126. The van der Waals surface area contributed by atoms with Crippen LogP contribution in [0.1, 0.15) is 48.8 Å². The number of sulfone groups is 1. The van der Waals surface area contributed by atoms with Crippen LogP contribution in [-0.2, 0) is 16.3 Å². The van der Waals surface area contributed by atoms with E-state index in [0.29, 0.717) is 40.9 Å². The van der Waals surface area contributed by atoms with E-state index in [0.717, 1.165) is 18.5 Å². The largest absolute Gasteiger partial charge is 0.493 e. The third-order valence-electron chi connectivity index (χ3n) is 6.67. The SMILES string of the molecule is COc1ccc(Cc2cccc(S(=O)(=O)CC(=O)c3cccnc3N3CC(C)CC3(C)C)n2)cc1OC. The molecule has 2 aromatic heterocycles. The van der Waals surface area contributed by atoms with Gasteiger partial charge in [0.1, 0.15) is 11.6 Å². The summed E-state index contributed by atoms with van der Waals surface area (Å²) in [7, 11) is -0.854. The number of hydrogen-bond acceptors (Lipinski definition) is 8. The van der Waals surface area contributed by atoms with E-state index in [1.807, 2.05) is 12.1 Å². The summed E-state index contributed by atoms with van der Waals surface area (Å²) in [5, 5.41) is -0.126. The van der Waals surface area contributed by atoms with Crippen molar-refractivity contribution in [2.45, 2.75) is 44.2 Å². The van der Waals surface area contributed by atoms with E-state index in [-0.39, 0.29) is 10.6 Å². The number of pyridine rings is 2. The molecule has 3 heterocycles. The summed E-state index contributed by atoms with van der Waals surface area (Å²) < 4.78 is 37.2. The van der Waals surface area contributed by atoms with Crippen LogP contribution in [0.5, 0.6) is 11.5 Å². The van der Waals surface area contributed by atoms with E-state index >= 15 is 0 Å². The molecule has 0 bridgehead atoms. The Morgan fingerprint density at radius 3 is 2.51 bits per heavy atom. The Hall–Kier alpha value is -3.46. The van der Waals surface area contributed by atoms with Crippen molar-refractivity contribution in [1.82, 2.24) is 9.97 Å². The first kappa shape index (κ1) is 26.6. The lowest BCUT2D eigenvalue weighted by Gasteiger charge is -2.33. The molecule has 0 amide bonds. The molecule has 0 radical (unpaired) electrons. The molecule has 0 N–H and O–H groups in total. The molecule has 1 fully saturated rings. The summed E-state index contributed by atoms with van der Waals surface area (Å²) in [6.07, 6.45) is 3.00. The second kappa shape index (κ2) is 10.5. The van der Waals surface area contributed by atoms with Gasteiger partial charge in [0.25, 0.3) is 0 Å². The lowest BCUT2D eigenvalue weighted by atomic mass is 9.97. The Bertz CT molecular complexity index is 1400. The van der Waals surface area contributed by atoms with Crippen molar-refractivity contribution in [1.29, 1.82) is 0 Å². The van der Waals surface area contributed by atoms with E-state index in [9.17, 15) is 13.2 Å².